The van der Waals surface area contributed by atoms with Crippen LogP contribution in [0.15, 0.2) is 60.9 Å². The van der Waals surface area contributed by atoms with Gasteiger partial charge >= 0.3 is 20.2 Å². The third kappa shape index (κ3) is 9.57. The average Bonchev–Trinajstić information content (AvgIpc) is 3.07. The van der Waals surface area contributed by atoms with E-state index in [-0.39, 0.29) is 34.5 Å². The maximum Gasteiger partial charge on any atom is 0.306 e. The van der Waals surface area contributed by atoms with Gasteiger partial charge < -0.3 is 37.1 Å². The van der Waals surface area contributed by atoms with Crippen LogP contribution in [0.1, 0.15) is 6.42 Å². The van der Waals surface area contributed by atoms with Gasteiger partial charge in [0.25, 0.3) is 0 Å². The van der Waals surface area contributed by atoms with E-state index < -0.39 is 20.2 Å². The van der Waals surface area contributed by atoms with Crippen molar-refractivity contribution in [3.8, 4) is 57.0 Å². The van der Waals surface area contributed by atoms with Crippen molar-refractivity contribution in [1.29, 1.82) is 0 Å². The monoisotopic (exact) mass is 716 g/mol. The molecular formula is C33H40N4O10S2. The quantitative estimate of drug-likeness (QED) is 0.150. The minimum atomic E-state index is -3.80. The fourth-order valence-electron chi connectivity index (χ4n) is 4.89. The van der Waals surface area contributed by atoms with Crippen LogP contribution in [0.2, 0.25) is 0 Å². The van der Waals surface area contributed by atoms with Crippen LogP contribution < -0.4 is 37.1 Å². The van der Waals surface area contributed by atoms with Gasteiger partial charge in [0.2, 0.25) is 11.5 Å². The smallest absolute Gasteiger partial charge is 0.306 e. The van der Waals surface area contributed by atoms with Crippen molar-refractivity contribution in [2.45, 2.75) is 6.42 Å². The highest BCUT2D eigenvalue weighted by atomic mass is 32.2. The topological polar surface area (TPSA) is 156 Å². The number of methoxy groups -OCH3 is 4. The molecule has 14 nitrogen and oxygen atoms in total. The molecule has 0 bridgehead atoms. The fourth-order valence-corrected chi connectivity index (χ4v) is 5.83. The number of rotatable bonds is 16. The summed E-state index contributed by atoms with van der Waals surface area (Å²) in [5.74, 6) is 0.750. The number of ether oxygens (including phenoxy) is 4. The van der Waals surface area contributed by atoms with Gasteiger partial charge in [0.15, 0.2) is 23.0 Å². The van der Waals surface area contributed by atoms with Crippen LogP contribution in [0.5, 0.6) is 34.5 Å². The molecule has 4 rings (SSSR count). The van der Waals surface area contributed by atoms with E-state index in [0.29, 0.717) is 22.5 Å². The molecule has 0 unspecified atom stereocenters. The molecule has 264 valence electrons. The predicted octanol–water partition coefficient (Wildman–Crippen LogP) is 4.48. The van der Waals surface area contributed by atoms with Gasteiger partial charge in [-0.2, -0.15) is 16.8 Å². The fraction of sp³-hybridized carbons (Fsp3) is 0.333. The summed E-state index contributed by atoms with van der Waals surface area (Å²) in [6, 6.07) is 14.2. The molecule has 2 aromatic heterocycles. The van der Waals surface area contributed by atoms with Crippen LogP contribution in [0, 0.1) is 0 Å². The summed E-state index contributed by atoms with van der Waals surface area (Å²) in [5.41, 5.74) is 4.47. The third-order valence-corrected chi connectivity index (χ3v) is 8.29. The molecular weight excluding hydrogens is 677 g/mol. The lowest BCUT2D eigenvalue weighted by Gasteiger charge is -2.23. The van der Waals surface area contributed by atoms with Crippen molar-refractivity contribution in [2.24, 2.45) is 0 Å². The van der Waals surface area contributed by atoms with Gasteiger partial charge in [-0.25, -0.2) is 0 Å². The SMILES string of the molecule is COc1cc(-c2ccc(N(C)CCCN(C)c3ccc(-c4cc(OC)c(OS(C)(=O)=O)c(OC)c4)nc3)cn2)cc(OC)c1OS(C)(=O)=O. The molecule has 0 spiro atoms. The van der Waals surface area contributed by atoms with Gasteiger partial charge in [-0.05, 0) is 55.0 Å². The number of hydrogen-bond acceptors (Lipinski definition) is 14. The Balaban J connectivity index is 1.38. The molecule has 0 aliphatic carbocycles. The van der Waals surface area contributed by atoms with Gasteiger partial charge in [-0.15, -0.1) is 0 Å². The summed E-state index contributed by atoms with van der Waals surface area (Å²) < 4.78 is 78.6. The average molecular weight is 717 g/mol. The van der Waals surface area contributed by atoms with Crippen LogP contribution in [0.4, 0.5) is 11.4 Å². The number of aromatic nitrogens is 2. The molecule has 0 aliphatic heterocycles. The van der Waals surface area contributed by atoms with Crippen LogP contribution in [-0.2, 0) is 20.2 Å². The number of anilines is 2. The highest BCUT2D eigenvalue weighted by Crippen LogP contribution is 2.43. The summed E-state index contributed by atoms with van der Waals surface area (Å²) in [7, 11) is 2.05. The molecule has 2 aromatic carbocycles. The van der Waals surface area contributed by atoms with Crippen molar-refractivity contribution >= 4 is 31.6 Å². The maximum atomic E-state index is 11.7. The van der Waals surface area contributed by atoms with Crippen LogP contribution in [0.3, 0.4) is 0 Å². The van der Waals surface area contributed by atoms with Crippen molar-refractivity contribution in [3.05, 3.63) is 60.9 Å². The molecule has 0 radical (unpaired) electrons. The van der Waals surface area contributed by atoms with Gasteiger partial charge in [0, 0.05) is 38.3 Å². The first kappa shape index (κ1) is 36.9. The Hall–Kier alpha value is -4.96. The zero-order chi connectivity index (χ0) is 35.9. The molecule has 0 saturated carbocycles. The van der Waals surface area contributed by atoms with Crippen molar-refractivity contribution in [2.75, 3.05) is 77.9 Å². The number of benzene rings is 2. The molecule has 49 heavy (non-hydrogen) atoms. The first-order chi connectivity index (χ1) is 23.2. The predicted molar refractivity (Wildman–Crippen MR) is 188 cm³/mol. The molecule has 4 aromatic rings. The second kappa shape index (κ2) is 15.5. The zero-order valence-corrected chi connectivity index (χ0v) is 30.2. The van der Waals surface area contributed by atoms with Crippen molar-refractivity contribution in [3.63, 3.8) is 0 Å². The summed E-state index contributed by atoms with van der Waals surface area (Å²) >= 11 is 0. The lowest BCUT2D eigenvalue weighted by molar-refractivity contribution is 0.361. The van der Waals surface area contributed by atoms with Gasteiger partial charge in [-0.3, -0.25) is 9.97 Å². The first-order valence-corrected chi connectivity index (χ1v) is 18.5. The summed E-state index contributed by atoms with van der Waals surface area (Å²) in [6.07, 6.45) is 6.29. The molecule has 0 amide bonds. The molecule has 16 heteroatoms. The highest BCUT2D eigenvalue weighted by molar-refractivity contribution is 7.86. The standard InChI is InChI=1S/C33H40N4O10S2/c1-36(24-10-12-26(34-20-24)22-16-28(42-3)32(29(17-22)43-4)46-48(7,38)39)14-9-15-37(2)25-11-13-27(35-21-25)23-18-30(44-5)33(31(19-23)45-6)47-49(8,40)41/h10-13,16-21H,9,14-15H2,1-8H3. The van der Waals surface area contributed by atoms with E-state index in [4.69, 9.17) is 27.3 Å². The molecule has 2 heterocycles. The normalized spacial score (nSPS) is 11.4. The highest BCUT2D eigenvalue weighted by Gasteiger charge is 2.21. The molecule has 0 aliphatic rings. The second-order valence-electron chi connectivity index (χ2n) is 11.0. The van der Waals surface area contributed by atoms with E-state index in [1.807, 2.05) is 38.4 Å². The molecule has 0 atom stereocenters. The summed E-state index contributed by atoms with van der Waals surface area (Å²) in [6.45, 7) is 1.52. The van der Waals surface area contributed by atoms with E-state index in [1.54, 1.807) is 36.7 Å². The van der Waals surface area contributed by atoms with E-state index in [9.17, 15) is 16.8 Å². The van der Waals surface area contributed by atoms with E-state index in [2.05, 4.69) is 19.8 Å². The van der Waals surface area contributed by atoms with Crippen LogP contribution >= 0.6 is 0 Å². The first-order valence-electron chi connectivity index (χ1n) is 14.8. The van der Waals surface area contributed by atoms with Crippen molar-refractivity contribution < 1.29 is 44.1 Å². The number of pyridine rings is 2. The number of nitrogens with zero attached hydrogens (tertiary/aromatic N) is 4. The maximum absolute atomic E-state index is 11.7. The third-order valence-electron chi connectivity index (χ3n) is 7.35. The van der Waals surface area contributed by atoms with E-state index >= 15 is 0 Å². The Morgan fingerprint density at radius 2 is 0.898 bits per heavy atom. The lowest BCUT2D eigenvalue weighted by atomic mass is 10.1. The minimum absolute atomic E-state index is 0.0283. The Bertz CT molecular complexity index is 1780. The van der Waals surface area contributed by atoms with E-state index in [0.717, 1.165) is 43.4 Å². The van der Waals surface area contributed by atoms with Crippen LogP contribution in [0.25, 0.3) is 22.5 Å². The number of hydrogen-bond donors (Lipinski definition) is 0. The van der Waals surface area contributed by atoms with Gasteiger partial charge in [0.1, 0.15) is 0 Å². The second-order valence-corrected chi connectivity index (χ2v) is 14.1. The van der Waals surface area contributed by atoms with E-state index in [1.165, 1.54) is 28.4 Å². The lowest BCUT2D eigenvalue weighted by Crippen LogP contribution is -2.25. The minimum Gasteiger partial charge on any atom is -0.493 e. The van der Waals surface area contributed by atoms with Crippen molar-refractivity contribution in [1.82, 2.24) is 9.97 Å². The van der Waals surface area contributed by atoms with Crippen LogP contribution in [-0.4, -0.2) is 94.9 Å². The molecule has 0 N–H and O–H groups in total. The Morgan fingerprint density at radius 3 is 1.14 bits per heavy atom. The summed E-state index contributed by atoms with van der Waals surface area (Å²) in [4.78, 5) is 13.4. The Morgan fingerprint density at radius 1 is 0.571 bits per heavy atom. The van der Waals surface area contributed by atoms with Gasteiger partial charge in [0.05, 0.1) is 76.1 Å². The van der Waals surface area contributed by atoms with Gasteiger partial charge in [-0.1, -0.05) is 0 Å². The molecule has 0 fully saturated rings. The molecule has 0 saturated heterocycles. The Labute approximate surface area is 287 Å². The zero-order valence-electron chi connectivity index (χ0n) is 28.6. The summed E-state index contributed by atoms with van der Waals surface area (Å²) in [5, 5.41) is 0. The largest absolute Gasteiger partial charge is 0.493 e. The Kier molecular flexibility index (Phi) is 11.7.